The fraction of sp³-hybridized carbons (Fsp3) is 0.429. The summed E-state index contributed by atoms with van der Waals surface area (Å²) < 4.78 is 12.7. The number of hydrogen-bond donors (Lipinski definition) is 2. The molecule has 2 saturated heterocycles. The van der Waals surface area contributed by atoms with Crippen molar-refractivity contribution in [3.05, 3.63) is 89.0 Å². The van der Waals surface area contributed by atoms with Gasteiger partial charge < -0.3 is 29.7 Å². The third-order valence-corrected chi connectivity index (χ3v) is 9.67. The highest BCUT2D eigenvalue weighted by molar-refractivity contribution is 6.34. The number of benzene rings is 2. The van der Waals surface area contributed by atoms with Gasteiger partial charge in [0, 0.05) is 26.1 Å². The SMILES string of the molecule is Cc1cccc(Cl)c1N1C/C=C\CCC(=O)N[C@H](C)[C@@H](c2ccccc2)OC(=O)[C@@H]2[C@@H]3C=C[C@]4(O3)[C@H](C1=O)N(CCCO)C(=O)[C@@H]24. The molecule has 0 aliphatic carbocycles. The summed E-state index contributed by atoms with van der Waals surface area (Å²) in [4.78, 5) is 59.2. The number of cyclic esters (lactones) is 1. The molecule has 242 valence electrons. The average molecular weight is 648 g/mol. The van der Waals surface area contributed by atoms with Crippen molar-refractivity contribution in [3.8, 4) is 0 Å². The topological polar surface area (TPSA) is 125 Å². The Hall–Kier alpha value is -3.99. The second-order valence-corrected chi connectivity index (χ2v) is 12.7. The summed E-state index contributed by atoms with van der Waals surface area (Å²) >= 11 is 6.69. The maximum atomic E-state index is 14.8. The number of para-hydroxylation sites is 1. The van der Waals surface area contributed by atoms with E-state index in [9.17, 15) is 24.3 Å². The first kappa shape index (κ1) is 32.0. The van der Waals surface area contributed by atoms with E-state index in [0.29, 0.717) is 22.7 Å². The average Bonchev–Trinajstić information content (AvgIpc) is 3.68. The van der Waals surface area contributed by atoms with Gasteiger partial charge in [0.25, 0.3) is 5.91 Å². The van der Waals surface area contributed by atoms with Crippen LogP contribution in [-0.4, -0.2) is 77.2 Å². The molecule has 2 N–H and O–H groups in total. The number of esters is 1. The molecule has 4 aliphatic rings. The molecule has 0 saturated carbocycles. The lowest BCUT2D eigenvalue weighted by atomic mass is 9.74. The molecule has 4 heterocycles. The van der Waals surface area contributed by atoms with E-state index in [1.165, 1.54) is 9.80 Å². The van der Waals surface area contributed by atoms with Crippen LogP contribution in [0.5, 0.6) is 0 Å². The summed E-state index contributed by atoms with van der Waals surface area (Å²) in [6.07, 6.45) is 6.33. The molecular formula is C35H38ClN3O7. The van der Waals surface area contributed by atoms with Gasteiger partial charge in [0.2, 0.25) is 11.8 Å². The Morgan fingerprint density at radius 3 is 2.57 bits per heavy atom. The minimum Gasteiger partial charge on any atom is -0.455 e. The van der Waals surface area contributed by atoms with Crippen molar-refractivity contribution < 1.29 is 33.8 Å². The summed E-state index contributed by atoms with van der Waals surface area (Å²) in [5, 5.41) is 13.0. The van der Waals surface area contributed by atoms with E-state index in [1.54, 1.807) is 31.2 Å². The van der Waals surface area contributed by atoms with E-state index in [1.807, 2.05) is 55.5 Å². The highest BCUT2D eigenvalue weighted by Crippen LogP contribution is 2.56. The van der Waals surface area contributed by atoms with Crippen molar-refractivity contribution in [2.45, 2.75) is 63.0 Å². The summed E-state index contributed by atoms with van der Waals surface area (Å²) in [6, 6.07) is 12.8. The number of rotatable bonds is 5. The van der Waals surface area contributed by atoms with Crippen LogP contribution in [0.2, 0.25) is 5.02 Å². The number of carbonyl (C=O) groups is 4. The van der Waals surface area contributed by atoms with Gasteiger partial charge >= 0.3 is 5.97 Å². The van der Waals surface area contributed by atoms with Gasteiger partial charge in [-0.3, -0.25) is 19.2 Å². The predicted molar refractivity (Wildman–Crippen MR) is 171 cm³/mol. The molecule has 5 bridgehead atoms. The number of carbonyl (C=O) groups excluding carboxylic acids is 4. The van der Waals surface area contributed by atoms with Crippen LogP contribution in [0.15, 0.2) is 72.8 Å². The molecule has 2 aromatic carbocycles. The normalized spacial score (nSPS) is 32.0. The molecule has 2 fully saturated rings. The number of fused-ring (bicyclic) bond motifs is 2. The second-order valence-electron chi connectivity index (χ2n) is 12.3. The van der Waals surface area contributed by atoms with Crippen molar-refractivity contribution >= 4 is 41.0 Å². The van der Waals surface area contributed by atoms with Crippen molar-refractivity contribution in [2.24, 2.45) is 11.8 Å². The van der Waals surface area contributed by atoms with Crippen molar-refractivity contribution in [2.75, 3.05) is 24.6 Å². The Bertz CT molecular complexity index is 1560. The molecule has 2 aromatic rings. The number of amides is 3. The molecule has 0 radical (unpaired) electrons. The molecule has 0 aromatic heterocycles. The number of hydrogen-bond acceptors (Lipinski definition) is 7. The summed E-state index contributed by atoms with van der Waals surface area (Å²) in [7, 11) is 0. The lowest BCUT2D eigenvalue weighted by Crippen LogP contribution is -2.56. The van der Waals surface area contributed by atoms with E-state index in [0.717, 1.165) is 5.56 Å². The number of aliphatic hydroxyl groups is 1. The van der Waals surface area contributed by atoms with E-state index < -0.39 is 59.5 Å². The fourth-order valence-corrected chi connectivity index (χ4v) is 7.65. The second kappa shape index (κ2) is 13.0. The number of anilines is 1. The van der Waals surface area contributed by atoms with Gasteiger partial charge in [-0.1, -0.05) is 78.4 Å². The van der Waals surface area contributed by atoms with Crippen LogP contribution < -0.4 is 10.2 Å². The van der Waals surface area contributed by atoms with Gasteiger partial charge in [-0.25, -0.2) is 0 Å². The molecule has 0 unspecified atom stereocenters. The lowest BCUT2D eigenvalue weighted by Gasteiger charge is -2.36. The van der Waals surface area contributed by atoms with Gasteiger partial charge in [-0.05, 0) is 43.9 Å². The van der Waals surface area contributed by atoms with Gasteiger partial charge in [-0.2, -0.15) is 0 Å². The van der Waals surface area contributed by atoms with Crippen molar-refractivity contribution in [3.63, 3.8) is 0 Å². The highest BCUT2D eigenvalue weighted by Gasteiger charge is 2.73. The predicted octanol–water partition coefficient (Wildman–Crippen LogP) is 3.65. The highest BCUT2D eigenvalue weighted by atomic mass is 35.5. The van der Waals surface area contributed by atoms with E-state index >= 15 is 0 Å². The first-order valence-corrected chi connectivity index (χ1v) is 16.1. The van der Waals surface area contributed by atoms with Gasteiger partial charge in [0.15, 0.2) is 0 Å². The molecule has 6 rings (SSSR count). The number of nitrogens with zero attached hydrogens (tertiary/aromatic N) is 2. The first-order valence-electron chi connectivity index (χ1n) is 15.7. The van der Waals surface area contributed by atoms with Crippen molar-refractivity contribution in [1.29, 1.82) is 0 Å². The Morgan fingerprint density at radius 1 is 1.04 bits per heavy atom. The maximum Gasteiger partial charge on any atom is 0.313 e. The summed E-state index contributed by atoms with van der Waals surface area (Å²) in [5.74, 6) is -3.74. The molecule has 46 heavy (non-hydrogen) atoms. The van der Waals surface area contributed by atoms with Crippen LogP contribution in [0.4, 0.5) is 5.69 Å². The van der Waals surface area contributed by atoms with Crippen LogP contribution in [0.25, 0.3) is 0 Å². The number of aliphatic hydroxyl groups excluding tert-OH is 1. The van der Waals surface area contributed by atoms with Crippen LogP contribution >= 0.6 is 11.6 Å². The third kappa shape index (κ3) is 5.52. The standard InChI is InChI=1S/C35H38ClN3O7/c1-21-11-9-14-24(36)29(21)38-18-8-4-7-15-26(41)37-22(2)30(23-12-5-3-6-13-23)45-34(44)27-25-16-17-35(46-25)28(27)32(42)39(19-10-20-40)31(35)33(38)43/h3-6,8-9,11-14,16-17,22,25,27-28,30-31,40H,7,10,15,18-20H2,1-2H3,(H,37,41)/b8-4-/t22-,25+,27-,28-,30+,31+,35-/m1/s1. The van der Waals surface area contributed by atoms with E-state index in [-0.39, 0.29) is 38.4 Å². The van der Waals surface area contributed by atoms with Crippen LogP contribution in [0.1, 0.15) is 43.4 Å². The van der Waals surface area contributed by atoms with Crippen LogP contribution in [-0.2, 0) is 28.7 Å². The smallest absolute Gasteiger partial charge is 0.313 e. The Balaban J connectivity index is 1.46. The van der Waals surface area contributed by atoms with E-state index in [2.05, 4.69) is 5.32 Å². The third-order valence-electron chi connectivity index (χ3n) is 9.37. The molecule has 3 amide bonds. The van der Waals surface area contributed by atoms with Gasteiger partial charge in [-0.15, -0.1) is 0 Å². The Labute approximate surface area is 273 Å². The summed E-state index contributed by atoms with van der Waals surface area (Å²) in [6.45, 7) is 3.65. The molecule has 10 nitrogen and oxygen atoms in total. The number of allylic oxidation sites excluding steroid dienone is 1. The molecule has 4 aliphatic heterocycles. The van der Waals surface area contributed by atoms with Crippen molar-refractivity contribution in [1.82, 2.24) is 10.2 Å². The number of aryl methyl sites for hydroxylation is 1. The first-order chi connectivity index (χ1) is 22.2. The molecule has 1 spiro atoms. The summed E-state index contributed by atoms with van der Waals surface area (Å²) in [5.41, 5.74) is 0.521. The van der Waals surface area contributed by atoms with Gasteiger partial charge in [0.05, 0.1) is 28.8 Å². The Kier molecular flexibility index (Phi) is 9.05. The Morgan fingerprint density at radius 2 is 1.83 bits per heavy atom. The minimum absolute atomic E-state index is 0.0918. The zero-order chi connectivity index (χ0) is 32.6. The number of ether oxygens (including phenoxy) is 2. The lowest BCUT2D eigenvalue weighted by molar-refractivity contribution is -0.161. The number of likely N-dealkylation sites (tertiary alicyclic amines) is 1. The van der Waals surface area contributed by atoms with Crippen LogP contribution in [0.3, 0.4) is 0 Å². The maximum absolute atomic E-state index is 14.8. The monoisotopic (exact) mass is 647 g/mol. The zero-order valence-corrected chi connectivity index (χ0v) is 26.6. The number of nitrogens with one attached hydrogen (secondary N) is 1. The van der Waals surface area contributed by atoms with Gasteiger partial charge in [0.1, 0.15) is 23.7 Å². The quantitative estimate of drug-likeness (QED) is 0.375. The van der Waals surface area contributed by atoms with Crippen LogP contribution in [0, 0.1) is 18.8 Å². The molecular weight excluding hydrogens is 610 g/mol. The van der Waals surface area contributed by atoms with E-state index in [4.69, 9.17) is 21.1 Å². The number of halogens is 1. The fourth-order valence-electron chi connectivity index (χ4n) is 7.32. The largest absolute Gasteiger partial charge is 0.455 e. The molecule has 11 heteroatoms. The zero-order valence-electron chi connectivity index (χ0n) is 25.8. The molecule has 7 atom stereocenters. The minimum atomic E-state index is -1.43.